The summed E-state index contributed by atoms with van der Waals surface area (Å²) < 4.78 is 0.701. The molecule has 1 aromatic carbocycles. The molecule has 0 atom stereocenters. The summed E-state index contributed by atoms with van der Waals surface area (Å²) in [5, 5.41) is 0.645. The molecular formula is C17H22ClNOSe. The molecule has 2 rings (SSSR count). The molecule has 0 aliphatic carbocycles. The molecular weight excluding hydrogens is 349 g/mol. The number of ketones is 1. The van der Waals surface area contributed by atoms with E-state index < -0.39 is 0 Å². The van der Waals surface area contributed by atoms with Crippen LogP contribution in [0.25, 0.3) is 0 Å². The van der Waals surface area contributed by atoms with Crippen LogP contribution in [0.15, 0.2) is 24.3 Å². The van der Waals surface area contributed by atoms with Gasteiger partial charge in [-0.3, -0.25) is 0 Å². The molecule has 1 aliphatic rings. The molecule has 1 aromatic rings. The van der Waals surface area contributed by atoms with Gasteiger partial charge in [-0.05, 0) is 0 Å². The van der Waals surface area contributed by atoms with Crippen molar-refractivity contribution in [3.63, 3.8) is 0 Å². The Morgan fingerprint density at radius 1 is 1.10 bits per heavy atom. The number of hydrogen-bond acceptors (Lipinski definition) is 2. The minimum absolute atomic E-state index is 0.0234. The van der Waals surface area contributed by atoms with E-state index in [2.05, 4.69) is 48.2 Å². The number of hydrogen-bond donors (Lipinski definition) is 0. The predicted molar refractivity (Wildman–Crippen MR) is 90.4 cm³/mol. The summed E-state index contributed by atoms with van der Waals surface area (Å²) in [6, 6.07) is 7.08. The standard InChI is InChI=1S/C17H22ClNOSe/c1-16(2)10-5-11-17(3,4)19(16)15(21)14(20)12-6-8-13(18)9-7-12/h6-9H,5,10-11H2,1-4H3. The molecule has 0 aromatic heterocycles. The maximum atomic E-state index is 12.8. The van der Waals surface area contributed by atoms with Gasteiger partial charge < -0.3 is 0 Å². The van der Waals surface area contributed by atoms with E-state index in [4.69, 9.17) is 11.6 Å². The quantitative estimate of drug-likeness (QED) is 0.595. The Kier molecular flexibility index (Phi) is 4.68. The van der Waals surface area contributed by atoms with E-state index in [1.807, 2.05) is 0 Å². The van der Waals surface area contributed by atoms with Gasteiger partial charge in [0.25, 0.3) is 0 Å². The summed E-state index contributed by atoms with van der Waals surface area (Å²) in [6.07, 6.45) is 3.38. The third kappa shape index (κ3) is 3.41. The molecule has 0 N–H and O–H groups in total. The zero-order chi connectivity index (χ0) is 15.8. The number of piperidine rings is 1. The number of likely N-dealkylation sites (tertiary alicyclic amines) is 1. The fraction of sp³-hybridized carbons (Fsp3) is 0.529. The molecule has 0 bridgehead atoms. The van der Waals surface area contributed by atoms with Gasteiger partial charge in [0.1, 0.15) is 0 Å². The molecule has 2 nitrogen and oxygen atoms in total. The molecule has 4 heteroatoms. The van der Waals surface area contributed by atoms with Crippen molar-refractivity contribution in [2.24, 2.45) is 0 Å². The average Bonchev–Trinajstić information content (AvgIpc) is 2.36. The fourth-order valence-electron chi connectivity index (χ4n) is 3.37. The van der Waals surface area contributed by atoms with Crippen molar-refractivity contribution in [3.8, 4) is 0 Å². The summed E-state index contributed by atoms with van der Waals surface area (Å²) in [7, 11) is 0. The molecule has 1 fully saturated rings. The van der Waals surface area contributed by atoms with Crippen molar-refractivity contribution in [3.05, 3.63) is 34.9 Å². The molecule has 0 unspecified atom stereocenters. The van der Waals surface area contributed by atoms with Gasteiger partial charge in [-0.2, -0.15) is 0 Å². The first-order valence-corrected chi connectivity index (χ1v) is 8.53. The Balaban J connectivity index is 2.32. The fourth-order valence-corrected chi connectivity index (χ4v) is 4.78. The second-order valence-corrected chi connectivity index (χ2v) is 8.20. The molecule has 1 saturated heterocycles. The van der Waals surface area contributed by atoms with Crippen LogP contribution in [0.2, 0.25) is 5.02 Å². The molecule has 0 spiro atoms. The molecule has 0 amide bonds. The van der Waals surface area contributed by atoms with Crippen molar-refractivity contribution >= 4 is 37.5 Å². The summed E-state index contributed by atoms with van der Waals surface area (Å²) in [5.74, 6) is 0.0368. The third-order valence-electron chi connectivity index (χ3n) is 4.29. The van der Waals surface area contributed by atoms with Crippen LogP contribution in [0, 0.1) is 0 Å². The van der Waals surface area contributed by atoms with Gasteiger partial charge in [-0.15, -0.1) is 0 Å². The number of benzene rings is 1. The van der Waals surface area contributed by atoms with E-state index in [9.17, 15) is 4.79 Å². The molecule has 1 aliphatic heterocycles. The van der Waals surface area contributed by atoms with Gasteiger partial charge in [-0.25, -0.2) is 0 Å². The van der Waals surface area contributed by atoms with Crippen LogP contribution >= 0.6 is 11.6 Å². The van der Waals surface area contributed by atoms with Gasteiger partial charge >= 0.3 is 140 Å². The van der Waals surface area contributed by atoms with Crippen LogP contribution < -0.4 is 0 Å². The van der Waals surface area contributed by atoms with Crippen LogP contribution in [-0.2, 0) is 0 Å². The van der Waals surface area contributed by atoms with Crippen molar-refractivity contribution in [1.82, 2.24) is 4.90 Å². The summed E-state index contributed by atoms with van der Waals surface area (Å²) in [5.41, 5.74) is 0.625. The van der Waals surface area contributed by atoms with Crippen LogP contribution in [0.4, 0.5) is 0 Å². The molecule has 114 valence electrons. The van der Waals surface area contributed by atoms with Crippen molar-refractivity contribution in [2.75, 3.05) is 0 Å². The third-order valence-corrected chi connectivity index (χ3v) is 5.32. The number of rotatable bonds is 3. The van der Waals surface area contributed by atoms with E-state index in [0.717, 1.165) is 12.8 Å². The second kappa shape index (κ2) is 5.87. The first-order chi connectivity index (χ1) is 9.65. The SMILES string of the molecule is CC1(C)CCCC(C)(C)N1C(=[Se])C(=O)c1ccc(Cl)cc1. The van der Waals surface area contributed by atoms with Crippen molar-refractivity contribution in [2.45, 2.75) is 58.0 Å². The topological polar surface area (TPSA) is 20.3 Å². The zero-order valence-corrected chi connectivity index (χ0v) is 15.5. The van der Waals surface area contributed by atoms with Gasteiger partial charge in [-0.1, -0.05) is 0 Å². The number of carbonyl (C=O) groups excluding carboxylic acids is 1. The van der Waals surface area contributed by atoms with E-state index in [1.54, 1.807) is 24.3 Å². The summed E-state index contributed by atoms with van der Waals surface area (Å²) in [4.78, 5) is 15.0. The summed E-state index contributed by atoms with van der Waals surface area (Å²) >= 11 is 8.93. The zero-order valence-electron chi connectivity index (χ0n) is 13.1. The predicted octanol–water partition coefficient (Wildman–Crippen LogP) is 3.86. The molecule has 21 heavy (non-hydrogen) atoms. The van der Waals surface area contributed by atoms with Crippen molar-refractivity contribution in [1.29, 1.82) is 0 Å². The number of halogens is 1. The van der Waals surface area contributed by atoms with Crippen LogP contribution in [0.3, 0.4) is 0 Å². The normalized spacial score (nSPS) is 20.1. The average molecular weight is 371 g/mol. The Bertz CT molecular complexity index is 547. The van der Waals surface area contributed by atoms with Gasteiger partial charge in [0.2, 0.25) is 0 Å². The number of carbonyl (C=O) groups is 1. The Labute approximate surface area is 140 Å². The molecule has 0 saturated carbocycles. The maximum absolute atomic E-state index is 12.8. The van der Waals surface area contributed by atoms with Gasteiger partial charge in [0.15, 0.2) is 0 Å². The summed E-state index contributed by atoms with van der Waals surface area (Å²) in [6.45, 7) is 8.83. The van der Waals surface area contributed by atoms with E-state index in [1.165, 1.54) is 6.42 Å². The molecule has 1 heterocycles. The molecule has 0 radical (unpaired) electrons. The van der Waals surface area contributed by atoms with Gasteiger partial charge in [0, 0.05) is 0 Å². The minimum atomic E-state index is -0.0234. The first-order valence-electron chi connectivity index (χ1n) is 7.30. The monoisotopic (exact) mass is 371 g/mol. The van der Waals surface area contributed by atoms with E-state index >= 15 is 0 Å². The van der Waals surface area contributed by atoms with Gasteiger partial charge in [0.05, 0.1) is 0 Å². The van der Waals surface area contributed by atoms with Crippen molar-refractivity contribution < 1.29 is 4.79 Å². The Morgan fingerprint density at radius 2 is 1.57 bits per heavy atom. The van der Waals surface area contributed by atoms with Crippen LogP contribution in [-0.4, -0.2) is 41.9 Å². The number of Topliss-reactive ketones (excluding diaryl/α,β-unsaturated/α-hetero) is 1. The van der Waals surface area contributed by atoms with Crippen LogP contribution in [0.1, 0.15) is 57.3 Å². The second-order valence-electron chi connectivity index (χ2n) is 6.96. The Morgan fingerprint density at radius 3 is 2.05 bits per heavy atom. The van der Waals surface area contributed by atoms with E-state index in [0.29, 0.717) is 15.1 Å². The number of nitrogens with zero attached hydrogens (tertiary/aromatic N) is 1. The first kappa shape index (κ1) is 16.7. The van der Waals surface area contributed by atoms with Crippen LogP contribution in [0.5, 0.6) is 0 Å². The Hall–Kier alpha value is -0.631. The van der Waals surface area contributed by atoms with E-state index in [-0.39, 0.29) is 16.9 Å².